The number of benzene rings is 1. The fourth-order valence-corrected chi connectivity index (χ4v) is 6.73. The van der Waals surface area contributed by atoms with Crippen LogP contribution in [0.4, 0.5) is 10.5 Å². The minimum Gasteiger partial charge on any atom is -0.481 e. The molecule has 5 rings (SSSR count). The Labute approximate surface area is 208 Å². The normalized spacial score (nSPS) is 14.8. The summed E-state index contributed by atoms with van der Waals surface area (Å²) in [6.45, 7) is 3.70. The van der Waals surface area contributed by atoms with Gasteiger partial charge in [0, 0.05) is 19.2 Å². The van der Waals surface area contributed by atoms with E-state index in [1.54, 1.807) is 0 Å². The predicted octanol–water partition coefficient (Wildman–Crippen LogP) is 6.55. The van der Waals surface area contributed by atoms with Gasteiger partial charge >= 0.3 is 12.1 Å². The molecule has 0 radical (unpaired) electrons. The second-order valence-electron chi connectivity index (χ2n) is 8.13. The Morgan fingerprint density at radius 2 is 1.88 bits per heavy atom. The van der Waals surface area contributed by atoms with Gasteiger partial charge in [0.05, 0.1) is 10.6 Å². The number of carbonyl (C=O) groups excluding carboxylic acids is 1. The summed E-state index contributed by atoms with van der Waals surface area (Å²) in [5, 5.41) is 12.3. The van der Waals surface area contributed by atoms with Crippen LogP contribution >= 0.6 is 34.2 Å². The first kappa shape index (κ1) is 22.6. The van der Waals surface area contributed by atoms with E-state index in [0.29, 0.717) is 24.2 Å². The number of rotatable bonds is 5. The van der Waals surface area contributed by atoms with Crippen LogP contribution in [0.25, 0.3) is 9.40 Å². The van der Waals surface area contributed by atoms with Gasteiger partial charge in [-0.15, -0.1) is 22.7 Å². The van der Waals surface area contributed by atoms with Crippen molar-refractivity contribution in [2.75, 3.05) is 5.32 Å². The van der Waals surface area contributed by atoms with Crippen LogP contribution in [0.3, 0.4) is 0 Å². The van der Waals surface area contributed by atoms with Crippen molar-refractivity contribution in [2.24, 2.45) is 0 Å². The molecule has 1 aliphatic rings. The number of nitrogens with one attached hydrogen (secondary N) is 1. The highest BCUT2D eigenvalue weighted by atomic mass is 32.1. The first-order chi connectivity index (χ1) is 16.4. The van der Waals surface area contributed by atoms with Crippen LogP contribution in [-0.2, 0) is 14.9 Å². The number of nitrogens with zero attached hydrogens (tertiary/aromatic N) is 1. The molecule has 0 saturated heterocycles. The van der Waals surface area contributed by atoms with Gasteiger partial charge < -0.3 is 9.84 Å². The zero-order valence-corrected chi connectivity index (χ0v) is 20.8. The molecule has 2 N–H and O–H groups in total. The fourth-order valence-electron chi connectivity index (χ4n) is 3.63. The molecule has 1 aliphatic carbocycles. The third-order valence-corrected chi connectivity index (χ3v) is 8.95. The van der Waals surface area contributed by atoms with Gasteiger partial charge in [-0.3, -0.25) is 10.1 Å². The van der Waals surface area contributed by atoms with Gasteiger partial charge in [0.2, 0.25) is 0 Å². The summed E-state index contributed by atoms with van der Waals surface area (Å²) in [7, 11) is 0. The number of hydrogen-bond donors (Lipinski definition) is 2. The number of ether oxygens (including phenoxy) is 1. The van der Waals surface area contributed by atoms with Crippen molar-refractivity contribution in [3.63, 3.8) is 0 Å². The summed E-state index contributed by atoms with van der Waals surface area (Å²) in [5.74, 6) is 5.47. The topological polar surface area (TPSA) is 88.5 Å². The smallest absolute Gasteiger partial charge is 0.412 e. The van der Waals surface area contributed by atoms with E-state index in [4.69, 9.17) is 4.74 Å². The number of aryl methyl sites for hydroxylation is 1. The largest absolute Gasteiger partial charge is 0.481 e. The first-order valence-electron chi connectivity index (χ1n) is 10.6. The summed E-state index contributed by atoms with van der Waals surface area (Å²) in [5.41, 5.74) is 1.28. The van der Waals surface area contributed by atoms with Crippen molar-refractivity contribution in [3.8, 4) is 11.8 Å². The number of carboxylic acids is 1. The van der Waals surface area contributed by atoms with E-state index in [2.05, 4.69) is 21.5 Å². The zero-order chi connectivity index (χ0) is 23.9. The lowest BCUT2D eigenvalue weighted by Gasteiger charge is -2.14. The van der Waals surface area contributed by atoms with Gasteiger partial charge in [0.15, 0.2) is 5.69 Å². The summed E-state index contributed by atoms with van der Waals surface area (Å²) < 4.78 is 12.0. The van der Waals surface area contributed by atoms with E-state index in [1.165, 1.54) is 34.2 Å². The van der Waals surface area contributed by atoms with Gasteiger partial charge in [-0.05, 0) is 67.8 Å². The molecule has 4 aromatic rings. The van der Waals surface area contributed by atoms with Gasteiger partial charge in [0.1, 0.15) is 11.5 Å². The van der Waals surface area contributed by atoms with Crippen LogP contribution in [0, 0.1) is 18.8 Å². The Kier molecular flexibility index (Phi) is 5.90. The number of fused-ring (bicyclic) bond motifs is 1. The standard InChI is InChI=1S/C25H20N2O4S3/c1-14(16-6-4-3-5-7-16)31-24(30)26-22-15(2)34-27-18(22)9-8-17-12-19-20(32-17)13-21(33-19)25(10-11-25)23(28)29/h3-7,12-14H,10-11H2,1-2H3,(H,26,30)(H,28,29). The minimum absolute atomic E-state index is 0.387. The molecule has 0 aliphatic heterocycles. The number of aromatic nitrogens is 1. The van der Waals surface area contributed by atoms with Crippen LogP contribution in [0.2, 0.25) is 0 Å². The van der Waals surface area contributed by atoms with E-state index >= 15 is 0 Å². The van der Waals surface area contributed by atoms with Crippen LogP contribution in [0.5, 0.6) is 0 Å². The van der Waals surface area contributed by atoms with E-state index in [9.17, 15) is 14.7 Å². The fraction of sp³-hybridized carbons (Fsp3) is 0.240. The van der Waals surface area contributed by atoms with Crippen LogP contribution in [-0.4, -0.2) is 21.5 Å². The molecule has 0 spiro atoms. The average Bonchev–Trinajstić information content (AvgIpc) is 3.26. The predicted molar refractivity (Wildman–Crippen MR) is 136 cm³/mol. The van der Waals surface area contributed by atoms with E-state index in [-0.39, 0.29) is 6.10 Å². The highest BCUT2D eigenvalue weighted by Gasteiger charge is 2.53. The molecule has 1 aromatic carbocycles. The molecule has 1 amide bonds. The summed E-state index contributed by atoms with van der Waals surface area (Å²) in [6.07, 6.45) is 0.463. The van der Waals surface area contributed by atoms with Crippen molar-refractivity contribution in [1.82, 2.24) is 4.37 Å². The van der Waals surface area contributed by atoms with Crippen LogP contribution < -0.4 is 5.32 Å². The SMILES string of the molecule is Cc1snc(C#Cc2cc3sc(C4(C(=O)O)CC4)cc3s2)c1NC(=O)OC(C)c1ccccc1. The Balaban J connectivity index is 1.30. The average molecular weight is 509 g/mol. The van der Waals surface area contributed by atoms with Crippen molar-refractivity contribution in [3.05, 3.63) is 68.4 Å². The molecule has 1 fully saturated rings. The first-order valence-corrected chi connectivity index (χ1v) is 13.0. The lowest BCUT2D eigenvalue weighted by atomic mass is 10.1. The maximum Gasteiger partial charge on any atom is 0.412 e. The molecule has 0 bridgehead atoms. The maximum atomic E-state index is 12.5. The Morgan fingerprint density at radius 1 is 1.15 bits per heavy atom. The van der Waals surface area contributed by atoms with Crippen molar-refractivity contribution < 1.29 is 19.4 Å². The molecule has 3 heterocycles. The number of amides is 1. The molecule has 9 heteroatoms. The molecule has 3 aromatic heterocycles. The number of thiophene rings is 2. The lowest BCUT2D eigenvalue weighted by molar-refractivity contribution is -0.139. The lowest BCUT2D eigenvalue weighted by Crippen LogP contribution is -2.17. The third-order valence-electron chi connectivity index (χ3n) is 5.78. The summed E-state index contributed by atoms with van der Waals surface area (Å²) >= 11 is 4.34. The van der Waals surface area contributed by atoms with Gasteiger partial charge in [0.25, 0.3) is 0 Å². The summed E-state index contributed by atoms with van der Waals surface area (Å²) in [4.78, 5) is 26.7. The molecule has 6 nitrogen and oxygen atoms in total. The second-order valence-corrected chi connectivity index (χ2v) is 11.3. The zero-order valence-electron chi connectivity index (χ0n) is 18.4. The van der Waals surface area contributed by atoms with E-state index in [1.807, 2.05) is 56.3 Å². The molecule has 172 valence electrons. The van der Waals surface area contributed by atoms with Gasteiger partial charge in [-0.25, -0.2) is 4.79 Å². The highest BCUT2D eigenvalue weighted by Crippen LogP contribution is 2.52. The molecule has 1 atom stereocenters. The number of carboxylic acid groups (broad SMARTS) is 1. The monoisotopic (exact) mass is 508 g/mol. The van der Waals surface area contributed by atoms with Crippen LogP contribution in [0.15, 0.2) is 42.5 Å². The summed E-state index contributed by atoms with van der Waals surface area (Å²) in [6, 6.07) is 13.5. The van der Waals surface area contributed by atoms with Crippen molar-refractivity contribution >= 4 is 61.4 Å². The van der Waals surface area contributed by atoms with Crippen LogP contribution in [0.1, 0.15) is 51.8 Å². The number of carbonyl (C=O) groups is 2. The molecular weight excluding hydrogens is 488 g/mol. The molecular formula is C25H20N2O4S3. The maximum absolute atomic E-state index is 12.5. The molecule has 1 unspecified atom stereocenters. The van der Waals surface area contributed by atoms with Gasteiger partial charge in [-0.2, -0.15) is 4.37 Å². The quantitative estimate of drug-likeness (QED) is 0.298. The number of aliphatic carboxylic acids is 1. The Bertz CT molecular complexity index is 1420. The number of hydrogen-bond acceptors (Lipinski definition) is 7. The van der Waals surface area contributed by atoms with Crippen molar-refractivity contribution in [1.29, 1.82) is 0 Å². The van der Waals surface area contributed by atoms with Crippen molar-refractivity contribution in [2.45, 2.75) is 38.2 Å². The number of anilines is 1. The van der Waals surface area contributed by atoms with Gasteiger partial charge in [-0.1, -0.05) is 30.3 Å². The minimum atomic E-state index is -0.739. The molecule has 34 heavy (non-hydrogen) atoms. The highest BCUT2D eigenvalue weighted by molar-refractivity contribution is 7.28. The third kappa shape index (κ3) is 4.32. The Hall–Kier alpha value is -3.19. The van der Waals surface area contributed by atoms with E-state index < -0.39 is 17.5 Å². The van der Waals surface area contributed by atoms with E-state index in [0.717, 1.165) is 29.6 Å². The Morgan fingerprint density at radius 3 is 2.56 bits per heavy atom. The molecule has 1 saturated carbocycles. The second kappa shape index (κ2) is 8.87.